The summed E-state index contributed by atoms with van der Waals surface area (Å²) < 4.78 is 7.32. The molecule has 2 aromatic rings. The number of aromatic nitrogens is 2. The van der Waals surface area contributed by atoms with Gasteiger partial charge in [0.1, 0.15) is 6.10 Å². The van der Waals surface area contributed by atoms with Crippen LogP contribution in [0.2, 0.25) is 0 Å². The number of ether oxygens (including phenoxy) is 1. The van der Waals surface area contributed by atoms with Crippen molar-refractivity contribution in [2.45, 2.75) is 12.1 Å². The quantitative estimate of drug-likeness (QED) is 0.616. The van der Waals surface area contributed by atoms with E-state index in [2.05, 4.69) is 10.5 Å². The number of rotatable bonds is 5. The van der Waals surface area contributed by atoms with Crippen molar-refractivity contribution in [1.82, 2.24) is 15.2 Å². The second-order valence-electron chi connectivity index (χ2n) is 4.16. The summed E-state index contributed by atoms with van der Waals surface area (Å²) in [6.07, 6.45) is 3.57. The first-order valence-corrected chi connectivity index (χ1v) is 5.78. The first kappa shape index (κ1) is 12.8. The fourth-order valence-electron chi connectivity index (χ4n) is 2.07. The van der Waals surface area contributed by atoms with Crippen LogP contribution in [-0.4, -0.2) is 16.9 Å². The highest BCUT2D eigenvalue weighted by molar-refractivity contribution is 5.23. The van der Waals surface area contributed by atoms with Gasteiger partial charge in [-0.1, -0.05) is 30.3 Å². The Labute approximate surface area is 107 Å². The van der Waals surface area contributed by atoms with Gasteiger partial charge < -0.3 is 4.74 Å². The number of hydrogen-bond acceptors (Lipinski definition) is 4. The first-order valence-electron chi connectivity index (χ1n) is 5.78. The van der Waals surface area contributed by atoms with Gasteiger partial charge in [-0.3, -0.25) is 10.5 Å². The van der Waals surface area contributed by atoms with Crippen LogP contribution in [0.3, 0.4) is 0 Å². The molecule has 2 unspecified atom stereocenters. The van der Waals surface area contributed by atoms with Crippen LogP contribution in [0.5, 0.6) is 0 Å². The molecule has 0 saturated carbocycles. The molecule has 2 rings (SSSR count). The van der Waals surface area contributed by atoms with Crippen molar-refractivity contribution in [2.75, 3.05) is 7.11 Å². The molecule has 1 aromatic heterocycles. The third-order valence-electron chi connectivity index (χ3n) is 2.95. The van der Waals surface area contributed by atoms with Crippen LogP contribution in [0.25, 0.3) is 0 Å². The van der Waals surface area contributed by atoms with Gasteiger partial charge in [0.25, 0.3) is 0 Å². The van der Waals surface area contributed by atoms with E-state index in [1.165, 1.54) is 0 Å². The smallest absolute Gasteiger partial charge is 0.103 e. The highest BCUT2D eigenvalue weighted by atomic mass is 16.5. The minimum atomic E-state index is -0.152. The van der Waals surface area contributed by atoms with Crippen LogP contribution >= 0.6 is 0 Å². The molecule has 5 nitrogen and oxygen atoms in total. The van der Waals surface area contributed by atoms with Gasteiger partial charge in [-0.2, -0.15) is 5.10 Å². The minimum absolute atomic E-state index is 0.133. The molecule has 1 heterocycles. The zero-order valence-corrected chi connectivity index (χ0v) is 10.6. The lowest BCUT2D eigenvalue weighted by atomic mass is 9.98. The standard InChI is InChI=1S/C13H18N4O/c1-17-9-11(8-15-17)12(16-14)13(18-2)10-6-4-3-5-7-10/h3-9,12-13,16H,14H2,1-2H3. The zero-order chi connectivity index (χ0) is 13.0. The monoisotopic (exact) mass is 246 g/mol. The Balaban J connectivity index is 2.30. The van der Waals surface area contributed by atoms with E-state index < -0.39 is 0 Å². The fourth-order valence-corrected chi connectivity index (χ4v) is 2.07. The molecular formula is C13H18N4O. The van der Waals surface area contributed by atoms with Crippen molar-refractivity contribution in [2.24, 2.45) is 12.9 Å². The molecule has 0 radical (unpaired) electrons. The maximum absolute atomic E-state index is 5.66. The fraction of sp³-hybridized carbons (Fsp3) is 0.308. The van der Waals surface area contributed by atoms with E-state index in [1.807, 2.05) is 43.6 Å². The van der Waals surface area contributed by atoms with Crippen molar-refractivity contribution < 1.29 is 4.74 Å². The molecule has 0 bridgehead atoms. The summed E-state index contributed by atoms with van der Waals surface area (Å²) in [4.78, 5) is 0. The van der Waals surface area contributed by atoms with E-state index in [0.29, 0.717) is 0 Å². The summed E-state index contributed by atoms with van der Waals surface area (Å²) in [6, 6.07) is 9.86. The molecule has 0 amide bonds. The molecule has 0 aliphatic carbocycles. The van der Waals surface area contributed by atoms with Gasteiger partial charge in [0.05, 0.1) is 12.2 Å². The Morgan fingerprint density at radius 3 is 2.50 bits per heavy atom. The van der Waals surface area contributed by atoms with Crippen LogP contribution in [0.15, 0.2) is 42.7 Å². The van der Waals surface area contributed by atoms with Crippen LogP contribution in [0, 0.1) is 0 Å². The molecule has 0 aliphatic heterocycles. The Bertz CT molecular complexity index is 483. The van der Waals surface area contributed by atoms with Crippen LogP contribution in [0.1, 0.15) is 23.3 Å². The number of methoxy groups -OCH3 is 1. The van der Waals surface area contributed by atoms with Gasteiger partial charge in [-0.05, 0) is 5.56 Å². The predicted octanol–water partition coefficient (Wildman–Crippen LogP) is 1.31. The molecule has 2 atom stereocenters. The Kier molecular flexibility index (Phi) is 4.09. The largest absolute Gasteiger partial charge is 0.375 e. The van der Waals surface area contributed by atoms with Crippen LogP contribution < -0.4 is 11.3 Å². The van der Waals surface area contributed by atoms with E-state index in [9.17, 15) is 0 Å². The third kappa shape index (κ3) is 2.59. The molecule has 0 aliphatic rings. The summed E-state index contributed by atoms with van der Waals surface area (Å²) in [7, 11) is 3.56. The number of benzene rings is 1. The third-order valence-corrected chi connectivity index (χ3v) is 2.95. The van der Waals surface area contributed by atoms with Gasteiger partial charge in [0, 0.05) is 25.9 Å². The van der Waals surface area contributed by atoms with Gasteiger partial charge in [0.2, 0.25) is 0 Å². The summed E-state index contributed by atoms with van der Waals surface area (Å²) in [5.74, 6) is 5.66. The van der Waals surface area contributed by atoms with Crippen molar-refractivity contribution in [3.63, 3.8) is 0 Å². The zero-order valence-electron chi connectivity index (χ0n) is 10.6. The molecule has 0 fully saturated rings. The minimum Gasteiger partial charge on any atom is -0.375 e. The van der Waals surface area contributed by atoms with Crippen molar-refractivity contribution in [3.05, 3.63) is 53.9 Å². The highest BCUT2D eigenvalue weighted by Gasteiger charge is 2.24. The topological polar surface area (TPSA) is 65.1 Å². The molecular weight excluding hydrogens is 228 g/mol. The molecule has 0 saturated heterocycles. The van der Waals surface area contributed by atoms with Gasteiger partial charge in [-0.25, -0.2) is 5.43 Å². The molecule has 1 aromatic carbocycles. The Hall–Kier alpha value is -1.69. The molecule has 5 heteroatoms. The lowest BCUT2D eigenvalue weighted by Crippen LogP contribution is -2.33. The number of nitrogens with one attached hydrogen (secondary N) is 1. The van der Waals surface area contributed by atoms with Gasteiger partial charge in [0.15, 0.2) is 0 Å². The summed E-state index contributed by atoms with van der Waals surface area (Å²) >= 11 is 0. The van der Waals surface area contributed by atoms with E-state index in [-0.39, 0.29) is 12.1 Å². The van der Waals surface area contributed by atoms with E-state index >= 15 is 0 Å². The lowest BCUT2D eigenvalue weighted by molar-refractivity contribution is 0.0676. The summed E-state index contributed by atoms with van der Waals surface area (Å²) in [5, 5.41) is 4.16. The second-order valence-corrected chi connectivity index (χ2v) is 4.16. The molecule has 18 heavy (non-hydrogen) atoms. The Morgan fingerprint density at radius 1 is 1.28 bits per heavy atom. The van der Waals surface area contributed by atoms with E-state index in [0.717, 1.165) is 11.1 Å². The maximum atomic E-state index is 5.66. The number of nitrogens with zero attached hydrogens (tertiary/aromatic N) is 2. The Morgan fingerprint density at radius 2 is 2.00 bits per heavy atom. The molecule has 96 valence electrons. The molecule has 3 N–H and O–H groups in total. The SMILES string of the molecule is COC(c1ccccc1)C(NN)c1cnn(C)c1. The average Bonchev–Trinajstić information content (AvgIpc) is 2.83. The number of nitrogens with two attached hydrogens (primary N) is 1. The summed E-state index contributed by atoms with van der Waals surface area (Å²) in [6.45, 7) is 0. The lowest BCUT2D eigenvalue weighted by Gasteiger charge is -2.24. The number of hydrazine groups is 1. The predicted molar refractivity (Wildman–Crippen MR) is 69.5 cm³/mol. The number of hydrogen-bond donors (Lipinski definition) is 2. The van der Waals surface area contributed by atoms with Crippen molar-refractivity contribution in [1.29, 1.82) is 0 Å². The highest BCUT2D eigenvalue weighted by Crippen LogP contribution is 2.30. The van der Waals surface area contributed by atoms with Crippen LogP contribution in [-0.2, 0) is 11.8 Å². The summed E-state index contributed by atoms with van der Waals surface area (Å²) in [5.41, 5.74) is 4.87. The maximum Gasteiger partial charge on any atom is 0.103 e. The van der Waals surface area contributed by atoms with E-state index in [1.54, 1.807) is 18.0 Å². The number of aryl methyl sites for hydroxylation is 1. The van der Waals surface area contributed by atoms with Gasteiger partial charge >= 0.3 is 0 Å². The average molecular weight is 246 g/mol. The van der Waals surface area contributed by atoms with E-state index in [4.69, 9.17) is 10.6 Å². The second kappa shape index (κ2) is 5.77. The van der Waals surface area contributed by atoms with Crippen LogP contribution in [0.4, 0.5) is 0 Å². The van der Waals surface area contributed by atoms with Crippen molar-refractivity contribution in [3.8, 4) is 0 Å². The first-order chi connectivity index (χ1) is 8.76. The molecule has 0 spiro atoms. The van der Waals surface area contributed by atoms with Gasteiger partial charge in [-0.15, -0.1) is 0 Å². The van der Waals surface area contributed by atoms with Crippen molar-refractivity contribution >= 4 is 0 Å². The normalized spacial score (nSPS) is 14.4.